The van der Waals surface area contributed by atoms with E-state index in [0.717, 1.165) is 19.6 Å². The van der Waals surface area contributed by atoms with Crippen LogP contribution in [-0.2, 0) is 0 Å². The molecular weight excluding hydrogens is 206 g/mol. The van der Waals surface area contributed by atoms with Crippen molar-refractivity contribution in [3.8, 4) is 5.88 Å². The Kier molecular flexibility index (Phi) is 3.40. The van der Waals surface area contributed by atoms with Crippen LogP contribution in [-0.4, -0.2) is 41.1 Å². The van der Waals surface area contributed by atoms with Gasteiger partial charge in [-0.1, -0.05) is 0 Å². The highest BCUT2D eigenvalue weighted by Crippen LogP contribution is 2.12. The fraction of sp³-hybridized carbons (Fsp3) is 0.600. The standard InChI is InChI=1S/C10H17N5O/c11-8-7-9(14-10(12)13-8)16-6-5-15-3-1-2-4-15/h7H,1-6H2,(H4,11,12,13,14). The second-order valence-corrected chi connectivity index (χ2v) is 3.89. The van der Waals surface area contributed by atoms with Crippen molar-refractivity contribution in [2.45, 2.75) is 12.8 Å². The Bertz CT molecular complexity index is 331. The Labute approximate surface area is 94.6 Å². The zero-order chi connectivity index (χ0) is 11.4. The minimum absolute atomic E-state index is 0.149. The normalized spacial score (nSPS) is 16.5. The van der Waals surface area contributed by atoms with Crippen LogP contribution in [0.5, 0.6) is 5.88 Å². The van der Waals surface area contributed by atoms with Crippen molar-refractivity contribution >= 4 is 11.8 Å². The lowest BCUT2D eigenvalue weighted by Crippen LogP contribution is -2.25. The molecule has 16 heavy (non-hydrogen) atoms. The SMILES string of the molecule is Nc1cc(OCCN2CCCC2)nc(N)n1. The molecule has 0 atom stereocenters. The summed E-state index contributed by atoms with van der Waals surface area (Å²) < 4.78 is 5.48. The Morgan fingerprint density at radius 2 is 2.00 bits per heavy atom. The number of nitrogen functional groups attached to an aromatic ring is 2. The molecule has 1 saturated heterocycles. The maximum absolute atomic E-state index is 5.53. The van der Waals surface area contributed by atoms with Gasteiger partial charge in [0.25, 0.3) is 0 Å². The van der Waals surface area contributed by atoms with E-state index in [4.69, 9.17) is 16.2 Å². The van der Waals surface area contributed by atoms with Crippen molar-refractivity contribution < 1.29 is 4.74 Å². The van der Waals surface area contributed by atoms with Crippen molar-refractivity contribution in [3.05, 3.63) is 6.07 Å². The smallest absolute Gasteiger partial charge is 0.225 e. The van der Waals surface area contributed by atoms with Gasteiger partial charge in [-0.25, -0.2) is 0 Å². The first-order chi connectivity index (χ1) is 7.74. The summed E-state index contributed by atoms with van der Waals surface area (Å²) in [5, 5.41) is 0. The van der Waals surface area contributed by atoms with Crippen LogP contribution in [0.1, 0.15) is 12.8 Å². The molecule has 0 saturated carbocycles. The molecule has 88 valence electrons. The van der Waals surface area contributed by atoms with Crippen molar-refractivity contribution in [1.82, 2.24) is 14.9 Å². The van der Waals surface area contributed by atoms with Crippen LogP contribution in [0.25, 0.3) is 0 Å². The number of rotatable bonds is 4. The largest absolute Gasteiger partial charge is 0.476 e. The summed E-state index contributed by atoms with van der Waals surface area (Å²) in [5.74, 6) is 0.934. The van der Waals surface area contributed by atoms with Gasteiger partial charge < -0.3 is 16.2 Å². The number of anilines is 2. The highest BCUT2D eigenvalue weighted by atomic mass is 16.5. The monoisotopic (exact) mass is 223 g/mol. The zero-order valence-corrected chi connectivity index (χ0v) is 9.22. The number of ether oxygens (including phenoxy) is 1. The first kappa shape index (κ1) is 10.9. The van der Waals surface area contributed by atoms with Crippen LogP contribution in [0.4, 0.5) is 11.8 Å². The Balaban J connectivity index is 1.80. The molecule has 0 unspecified atom stereocenters. The van der Waals surface area contributed by atoms with Gasteiger partial charge in [0, 0.05) is 12.6 Å². The van der Waals surface area contributed by atoms with Crippen molar-refractivity contribution in [2.24, 2.45) is 0 Å². The Morgan fingerprint density at radius 3 is 2.69 bits per heavy atom. The van der Waals surface area contributed by atoms with E-state index < -0.39 is 0 Å². The predicted molar refractivity (Wildman–Crippen MR) is 62.0 cm³/mol. The van der Waals surface area contributed by atoms with Crippen LogP contribution < -0.4 is 16.2 Å². The van der Waals surface area contributed by atoms with E-state index in [1.54, 1.807) is 6.07 Å². The van der Waals surface area contributed by atoms with Gasteiger partial charge in [0.05, 0.1) is 0 Å². The topological polar surface area (TPSA) is 90.3 Å². The fourth-order valence-corrected chi connectivity index (χ4v) is 1.82. The van der Waals surface area contributed by atoms with Crippen LogP contribution in [0, 0.1) is 0 Å². The third-order valence-electron chi connectivity index (χ3n) is 2.60. The molecule has 1 aromatic rings. The van der Waals surface area contributed by atoms with Crippen LogP contribution in [0.15, 0.2) is 6.07 Å². The maximum Gasteiger partial charge on any atom is 0.225 e. The third kappa shape index (κ3) is 2.96. The molecule has 1 fully saturated rings. The van der Waals surface area contributed by atoms with Gasteiger partial charge in [0.2, 0.25) is 11.8 Å². The molecule has 0 spiro atoms. The van der Waals surface area contributed by atoms with E-state index in [1.165, 1.54) is 12.8 Å². The summed E-state index contributed by atoms with van der Waals surface area (Å²) in [7, 11) is 0. The van der Waals surface area contributed by atoms with Gasteiger partial charge in [-0.05, 0) is 25.9 Å². The summed E-state index contributed by atoms with van der Waals surface area (Å²) >= 11 is 0. The van der Waals surface area contributed by atoms with Crippen molar-refractivity contribution in [3.63, 3.8) is 0 Å². The summed E-state index contributed by atoms with van der Waals surface area (Å²) in [6.07, 6.45) is 2.57. The number of nitrogens with two attached hydrogens (primary N) is 2. The number of nitrogens with zero attached hydrogens (tertiary/aromatic N) is 3. The number of hydrogen-bond acceptors (Lipinski definition) is 6. The second-order valence-electron chi connectivity index (χ2n) is 3.89. The molecule has 0 radical (unpaired) electrons. The summed E-state index contributed by atoms with van der Waals surface area (Å²) in [4.78, 5) is 10.1. The first-order valence-corrected chi connectivity index (χ1v) is 5.49. The van der Waals surface area contributed by atoms with E-state index in [9.17, 15) is 0 Å². The zero-order valence-electron chi connectivity index (χ0n) is 9.22. The van der Waals surface area contributed by atoms with E-state index >= 15 is 0 Å². The first-order valence-electron chi connectivity index (χ1n) is 5.49. The van der Waals surface area contributed by atoms with Gasteiger partial charge in [-0.2, -0.15) is 9.97 Å². The second kappa shape index (κ2) is 4.98. The molecule has 2 rings (SSSR count). The van der Waals surface area contributed by atoms with Gasteiger partial charge in [-0.15, -0.1) is 0 Å². The lowest BCUT2D eigenvalue weighted by Gasteiger charge is -2.14. The lowest BCUT2D eigenvalue weighted by atomic mass is 10.4. The van der Waals surface area contributed by atoms with Crippen LogP contribution >= 0.6 is 0 Å². The molecule has 6 nitrogen and oxygen atoms in total. The quantitative estimate of drug-likeness (QED) is 0.753. The van der Waals surface area contributed by atoms with E-state index in [-0.39, 0.29) is 5.95 Å². The molecule has 0 aliphatic carbocycles. The number of likely N-dealkylation sites (tertiary alicyclic amines) is 1. The van der Waals surface area contributed by atoms with Crippen LogP contribution in [0.2, 0.25) is 0 Å². The summed E-state index contributed by atoms with van der Waals surface area (Å²) in [6, 6.07) is 1.58. The minimum Gasteiger partial charge on any atom is -0.476 e. The predicted octanol–water partition coefficient (Wildman–Crippen LogP) is 0.116. The van der Waals surface area contributed by atoms with E-state index in [1.807, 2.05) is 0 Å². The van der Waals surface area contributed by atoms with Crippen LogP contribution in [0.3, 0.4) is 0 Å². The number of hydrogen-bond donors (Lipinski definition) is 2. The molecule has 1 aliphatic rings. The molecule has 1 aromatic heterocycles. The number of aromatic nitrogens is 2. The third-order valence-corrected chi connectivity index (χ3v) is 2.60. The molecule has 6 heteroatoms. The van der Waals surface area contributed by atoms with Gasteiger partial charge in [-0.3, -0.25) is 4.90 Å². The molecular formula is C10H17N5O. The van der Waals surface area contributed by atoms with E-state index in [0.29, 0.717) is 18.3 Å². The maximum atomic E-state index is 5.53. The van der Waals surface area contributed by atoms with Gasteiger partial charge in [0.15, 0.2) is 0 Å². The Hall–Kier alpha value is -1.56. The highest BCUT2D eigenvalue weighted by Gasteiger charge is 2.11. The van der Waals surface area contributed by atoms with E-state index in [2.05, 4.69) is 14.9 Å². The van der Waals surface area contributed by atoms with Crippen molar-refractivity contribution in [1.29, 1.82) is 0 Å². The highest BCUT2D eigenvalue weighted by molar-refractivity contribution is 5.38. The molecule has 0 aromatic carbocycles. The molecule has 4 N–H and O–H groups in total. The molecule has 0 amide bonds. The fourth-order valence-electron chi connectivity index (χ4n) is 1.82. The minimum atomic E-state index is 0.149. The van der Waals surface area contributed by atoms with Crippen molar-refractivity contribution in [2.75, 3.05) is 37.7 Å². The average molecular weight is 223 g/mol. The van der Waals surface area contributed by atoms with Gasteiger partial charge >= 0.3 is 0 Å². The lowest BCUT2D eigenvalue weighted by molar-refractivity contribution is 0.232. The average Bonchev–Trinajstić information content (AvgIpc) is 2.69. The molecule has 0 bridgehead atoms. The molecule has 2 heterocycles. The summed E-state index contributed by atoms with van der Waals surface area (Å²) in [5.41, 5.74) is 11.0. The Morgan fingerprint density at radius 1 is 1.25 bits per heavy atom. The summed E-state index contributed by atoms with van der Waals surface area (Å²) in [6.45, 7) is 3.86. The molecule has 1 aliphatic heterocycles. The van der Waals surface area contributed by atoms with Gasteiger partial charge in [0.1, 0.15) is 12.4 Å².